The molecule has 3 N–H and O–H groups in total. The molecule has 0 unspecified atom stereocenters. The summed E-state index contributed by atoms with van der Waals surface area (Å²) in [6.07, 6.45) is 0. The topological polar surface area (TPSA) is 104 Å². The van der Waals surface area contributed by atoms with E-state index in [2.05, 4.69) is 14.8 Å². The first-order valence-corrected chi connectivity index (χ1v) is 9.21. The summed E-state index contributed by atoms with van der Waals surface area (Å²) < 4.78 is 49.9. The van der Waals surface area contributed by atoms with Crippen LogP contribution < -0.4 is 14.8 Å². The first-order valence-electron chi connectivity index (χ1n) is 5.90. The Morgan fingerprint density at radius 3 is 2.11 bits per heavy atom. The molecule has 0 saturated heterocycles. The molecule has 0 amide bonds. The second kappa shape index (κ2) is 8.05. The van der Waals surface area contributed by atoms with Crippen LogP contribution >= 0.6 is 0 Å². The molecule has 0 radical (unpaired) electrons. The Morgan fingerprint density at radius 1 is 1.00 bits per heavy atom. The van der Waals surface area contributed by atoms with Gasteiger partial charge in [-0.05, 0) is 20.4 Å². The van der Waals surface area contributed by atoms with Gasteiger partial charge in [-0.1, -0.05) is 6.92 Å². The van der Waals surface area contributed by atoms with Crippen LogP contribution in [-0.2, 0) is 20.0 Å². The van der Waals surface area contributed by atoms with Crippen LogP contribution in [-0.4, -0.2) is 54.0 Å². The molecular formula is C9H23N3O4S2. The summed E-state index contributed by atoms with van der Waals surface area (Å²) in [6.45, 7) is 6.24. The van der Waals surface area contributed by atoms with Gasteiger partial charge in [-0.2, -0.15) is 0 Å². The molecule has 0 saturated carbocycles. The summed E-state index contributed by atoms with van der Waals surface area (Å²) in [6, 6.07) is 0.0390. The average Bonchev–Trinajstić information content (AvgIpc) is 2.26. The second-order valence-electron chi connectivity index (χ2n) is 3.92. The smallest absolute Gasteiger partial charge is 0.212 e. The van der Waals surface area contributed by atoms with Crippen molar-refractivity contribution >= 4 is 20.0 Å². The standard InChI is InChI=1S/C9H23N3O4S2/c1-4-10-9(3)8-12-18(15,16)7-6-11-17(13,14)5-2/h9-12H,4-8H2,1-3H3/t9-/m1/s1. The summed E-state index contributed by atoms with van der Waals surface area (Å²) >= 11 is 0. The molecular weight excluding hydrogens is 278 g/mol. The van der Waals surface area contributed by atoms with E-state index in [4.69, 9.17) is 0 Å². The zero-order chi connectivity index (χ0) is 14.2. The fraction of sp³-hybridized carbons (Fsp3) is 1.00. The first-order chi connectivity index (χ1) is 8.22. The number of hydrogen-bond acceptors (Lipinski definition) is 5. The molecule has 0 aliphatic heterocycles. The Morgan fingerprint density at radius 2 is 1.61 bits per heavy atom. The maximum absolute atomic E-state index is 11.5. The molecule has 0 heterocycles. The minimum atomic E-state index is -3.44. The van der Waals surface area contributed by atoms with Crippen LogP contribution in [0.1, 0.15) is 20.8 Å². The highest BCUT2D eigenvalue weighted by atomic mass is 32.2. The third-order valence-electron chi connectivity index (χ3n) is 2.23. The molecule has 110 valence electrons. The van der Waals surface area contributed by atoms with E-state index in [1.165, 1.54) is 6.92 Å². The van der Waals surface area contributed by atoms with E-state index in [1.807, 2.05) is 13.8 Å². The van der Waals surface area contributed by atoms with Crippen LogP contribution in [0.2, 0.25) is 0 Å². The van der Waals surface area contributed by atoms with E-state index in [1.54, 1.807) is 0 Å². The zero-order valence-electron chi connectivity index (χ0n) is 11.1. The quantitative estimate of drug-likeness (QED) is 0.472. The molecule has 0 aliphatic rings. The fourth-order valence-corrected chi connectivity index (χ4v) is 2.94. The molecule has 0 aliphatic carbocycles. The molecule has 18 heavy (non-hydrogen) atoms. The van der Waals surface area contributed by atoms with E-state index in [-0.39, 0.29) is 30.6 Å². The van der Waals surface area contributed by atoms with Gasteiger partial charge in [-0.25, -0.2) is 26.3 Å². The van der Waals surface area contributed by atoms with Crippen LogP contribution in [0.25, 0.3) is 0 Å². The molecule has 0 fully saturated rings. The Kier molecular flexibility index (Phi) is 7.95. The van der Waals surface area contributed by atoms with Gasteiger partial charge in [0.25, 0.3) is 0 Å². The predicted octanol–water partition coefficient (Wildman–Crippen LogP) is -1.16. The number of likely N-dealkylation sites (N-methyl/N-ethyl adjacent to an activating group) is 1. The molecule has 0 bridgehead atoms. The summed E-state index contributed by atoms with van der Waals surface area (Å²) in [7, 11) is -6.78. The Hall–Kier alpha value is -0.220. The van der Waals surface area contributed by atoms with E-state index in [0.717, 1.165) is 6.54 Å². The fourth-order valence-electron chi connectivity index (χ4n) is 1.18. The van der Waals surface area contributed by atoms with Gasteiger partial charge in [0.15, 0.2) is 0 Å². The number of sulfonamides is 2. The highest BCUT2D eigenvalue weighted by Crippen LogP contribution is 1.88. The Bertz CT molecular complexity index is 419. The predicted molar refractivity (Wildman–Crippen MR) is 72.4 cm³/mol. The van der Waals surface area contributed by atoms with Crippen molar-refractivity contribution in [3.8, 4) is 0 Å². The van der Waals surface area contributed by atoms with E-state index in [9.17, 15) is 16.8 Å². The summed E-state index contributed by atoms with van der Waals surface area (Å²) in [5.74, 6) is -0.316. The van der Waals surface area contributed by atoms with Gasteiger partial charge in [0.05, 0.1) is 11.5 Å². The molecule has 0 aromatic heterocycles. The molecule has 9 heteroatoms. The largest absolute Gasteiger partial charge is 0.313 e. The minimum absolute atomic E-state index is 0.0390. The van der Waals surface area contributed by atoms with Crippen molar-refractivity contribution in [2.75, 3.05) is 31.1 Å². The minimum Gasteiger partial charge on any atom is -0.313 e. The summed E-state index contributed by atoms with van der Waals surface area (Å²) in [5.41, 5.74) is 0. The van der Waals surface area contributed by atoms with E-state index in [0.29, 0.717) is 0 Å². The van der Waals surface area contributed by atoms with E-state index >= 15 is 0 Å². The lowest BCUT2D eigenvalue weighted by molar-refractivity contribution is 0.535. The number of nitrogens with one attached hydrogen (secondary N) is 3. The van der Waals surface area contributed by atoms with Crippen LogP contribution in [0.15, 0.2) is 0 Å². The van der Waals surface area contributed by atoms with E-state index < -0.39 is 20.0 Å². The third-order valence-corrected chi connectivity index (χ3v) is 4.99. The Labute approximate surface area is 110 Å². The summed E-state index contributed by atoms with van der Waals surface area (Å²) in [5, 5.41) is 3.07. The lowest BCUT2D eigenvalue weighted by atomic mass is 10.3. The number of rotatable bonds is 10. The molecule has 7 nitrogen and oxygen atoms in total. The van der Waals surface area contributed by atoms with Crippen molar-refractivity contribution in [2.24, 2.45) is 0 Å². The maximum Gasteiger partial charge on any atom is 0.212 e. The molecule has 0 aromatic carbocycles. The molecule has 0 spiro atoms. The lowest BCUT2D eigenvalue weighted by Gasteiger charge is -2.13. The summed E-state index contributed by atoms with van der Waals surface area (Å²) in [4.78, 5) is 0. The van der Waals surface area contributed by atoms with Crippen LogP contribution in [0.3, 0.4) is 0 Å². The molecule has 1 atom stereocenters. The van der Waals surface area contributed by atoms with Crippen LogP contribution in [0.4, 0.5) is 0 Å². The van der Waals surface area contributed by atoms with Gasteiger partial charge in [-0.3, -0.25) is 0 Å². The van der Waals surface area contributed by atoms with Gasteiger partial charge < -0.3 is 5.32 Å². The molecule has 0 rings (SSSR count). The van der Waals surface area contributed by atoms with Crippen molar-refractivity contribution in [1.29, 1.82) is 0 Å². The number of hydrogen-bond donors (Lipinski definition) is 3. The maximum atomic E-state index is 11.5. The monoisotopic (exact) mass is 301 g/mol. The third kappa shape index (κ3) is 8.81. The van der Waals surface area contributed by atoms with Crippen molar-refractivity contribution in [1.82, 2.24) is 14.8 Å². The van der Waals surface area contributed by atoms with Crippen molar-refractivity contribution in [3.05, 3.63) is 0 Å². The van der Waals surface area contributed by atoms with Gasteiger partial charge in [0, 0.05) is 19.1 Å². The van der Waals surface area contributed by atoms with Crippen molar-refractivity contribution in [3.63, 3.8) is 0 Å². The van der Waals surface area contributed by atoms with Gasteiger partial charge in [0.1, 0.15) is 0 Å². The SMILES string of the molecule is CCN[C@H](C)CNS(=O)(=O)CCNS(=O)(=O)CC. The first kappa shape index (κ1) is 17.8. The average molecular weight is 301 g/mol. The van der Waals surface area contributed by atoms with Gasteiger partial charge >= 0.3 is 0 Å². The highest BCUT2D eigenvalue weighted by molar-refractivity contribution is 7.90. The van der Waals surface area contributed by atoms with Crippen molar-refractivity contribution < 1.29 is 16.8 Å². The second-order valence-corrected chi connectivity index (χ2v) is 7.95. The lowest BCUT2D eigenvalue weighted by Crippen LogP contribution is -2.41. The van der Waals surface area contributed by atoms with Gasteiger partial charge in [-0.15, -0.1) is 0 Å². The highest BCUT2D eigenvalue weighted by Gasteiger charge is 2.13. The zero-order valence-corrected chi connectivity index (χ0v) is 12.7. The Balaban J connectivity index is 4.02. The van der Waals surface area contributed by atoms with Gasteiger partial charge in [0.2, 0.25) is 20.0 Å². The molecule has 0 aromatic rings. The van der Waals surface area contributed by atoms with Crippen LogP contribution in [0, 0.1) is 0 Å². The van der Waals surface area contributed by atoms with Crippen molar-refractivity contribution in [2.45, 2.75) is 26.8 Å². The normalized spacial score (nSPS) is 14.6. The van der Waals surface area contributed by atoms with Crippen LogP contribution in [0.5, 0.6) is 0 Å².